The lowest BCUT2D eigenvalue weighted by atomic mass is 10.3. The number of carbonyl (C=O) groups is 1. The van der Waals surface area contributed by atoms with Crippen LogP contribution in [0.25, 0.3) is 0 Å². The maximum atomic E-state index is 11.7. The van der Waals surface area contributed by atoms with Gasteiger partial charge >= 0.3 is 0 Å². The first-order valence-corrected chi connectivity index (χ1v) is 4.19. The largest absolute Gasteiger partial charge is 0.290 e. The minimum absolute atomic E-state index is 0.448. The molecule has 0 atom stereocenters. The molecule has 0 bridgehead atoms. The smallest absolute Gasteiger partial charge is 0.203 e. The van der Waals surface area contributed by atoms with Crippen molar-refractivity contribution in [1.82, 2.24) is 0 Å². The Labute approximate surface area is 70.0 Å². The molecule has 0 saturated heterocycles. The molecule has 1 aromatic heterocycles. The topological polar surface area (TPSA) is 17.1 Å². The van der Waals surface area contributed by atoms with Crippen molar-refractivity contribution in [3.05, 3.63) is 20.8 Å². The van der Waals surface area contributed by atoms with Crippen LogP contribution < -0.4 is 0 Å². The van der Waals surface area contributed by atoms with Crippen molar-refractivity contribution in [2.75, 3.05) is 6.67 Å². The average molecular weight is 223 g/mol. The minimum atomic E-state index is -0.910. The van der Waals surface area contributed by atoms with Crippen LogP contribution >= 0.6 is 27.3 Å². The summed E-state index contributed by atoms with van der Waals surface area (Å²) in [4.78, 5) is 11.1. The summed E-state index contributed by atoms with van der Waals surface area (Å²) >= 11 is 4.42. The molecule has 1 rings (SSSR count). The van der Waals surface area contributed by atoms with Crippen molar-refractivity contribution in [1.29, 1.82) is 0 Å². The van der Waals surface area contributed by atoms with Gasteiger partial charge in [0, 0.05) is 0 Å². The van der Waals surface area contributed by atoms with Gasteiger partial charge < -0.3 is 0 Å². The predicted molar refractivity (Wildman–Crippen MR) is 42.3 cm³/mol. The SMILES string of the molecule is O=C(CF)c1ccc(Br)s1. The molecule has 1 nitrogen and oxygen atoms in total. The van der Waals surface area contributed by atoms with Crippen LogP contribution in [-0.2, 0) is 0 Å². The van der Waals surface area contributed by atoms with E-state index in [0.29, 0.717) is 4.88 Å². The van der Waals surface area contributed by atoms with E-state index in [0.717, 1.165) is 3.79 Å². The Morgan fingerprint density at radius 2 is 2.40 bits per heavy atom. The number of alkyl halides is 1. The first kappa shape index (κ1) is 7.88. The second-order valence-corrected chi connectivity index (χ2v) is 4.12. The van der Waals surface area contributed by atoms with Crippen LogP contribution in [-0.4, -0.2) is 12.5 Å². The first-order valence-electron chi connectivity index (χ1n) is 2.58. The molecule has 0 amide bonds. The molecule has 0 radical (unpaired) electrons. The Balaban J connectivity index is 2.85. The Bertz CT molecular complexity index is 246. The lowest BCUT2D eigenvalue weighted by molar-refractivity contribution is 0.0962. The number of ketones is 1. The van der Waals surface area contributed by atoms with E-state index in [2.05, 4.69) is 15.9 Å². The minimum Gasteiger partial charge on any atom is -0.290 e. The van der Waals surface area contributed by atoms with Gasteiger partial charge in [0.2, 0.25) is 5.78 Å². The monoisotopic (exact) mass is 222 g/mol. The van der Waals surface area contributed by atoms with Gasteiger partial charge in [0.25, 0.3) is 0 Å². The zero-order chi connectivity index (χ0) is 7.56. The molecule has 1 heterocycles. The third-order valence-electron chi connectivity index (χ3n) is 0.969. The standard InChI is InChI=1S/C6H4BrFOS/c7-6-2-1-5(10-6)4(9)3-8/h1-2H,3H2. The number of carbonyl (C=O) groups excluding carboxylic acids is 1. The highest BCUT2D eigenvalue weighted by Crippen LogP contribution is 2.22. The second-order valence-electron chi connectivity index (χ2n) is 1.66. The molecule has 0 unspecified atom stereocenters. The Morgan fingerprint density at radius 3 is 2.80 bits per heavy atom. The molecule has 0 aliphatic heterocycles. The maximum Gasteiger partial charge on any atom is 0.203 e. The van der Waals surface area contributed by atoms with E-state index in [1.807, 2.05) is 0 Å². The second kappa shape index (κ2) is 3.25. The third kappa shape index (κ3) is 1.64. The number of Topliss-reactive ketones (excluding diaryl/α,β-unsaturated/α-hetero) is 1. The van der Waals surface area contributed by atoms with Crippen LogP contribution in [0.2, 0.25) is 0 Å². The van der Waals surface area contributed by atoms with Crippen LogP contribution in [0.5, 0.6) is 0 Å². The lowest BCUT2D eigenvalue weighted by Gasteiger charge is -1.84. The maximum absolute atomic E-state index is 11.7. The van der Waals surface area contributed by atoms with Gasteiger partial charge in [0.05, 0.1) is 8.66 Å². The summed E-state index contributed by atoms with van der Waals surface area (Å²) in [5.41, 5.74) is 0. The fourth-order valence-electron chi connectivity index (χ4n) is 0.530. The summed E-state index contributed by atoms with van der Waals surface area (Å²) in [5.74, 6) is -0.448. The van der Waals surface area contributed by atoms with Crippen molar-refractivity contribution < 1.29 is 9.18 Å². The summed E-state index contributed by atoms with van der Waals surface area (Å²) in [6, 6.07) is 3.34. The Hall–Kier alpha value is -0.220. The molecule has 54 valence electrons. The van der Waals surface area contributed by atoms with Gasteiger partial charge in [-0.1, -0.05) is 0 Å². The summed E-state index contributed by atoms with van der Waals surface area (Å²) in [6.07, 6.45) is 0. The number of hydrogen-bond donors (Lipinski definition) is 0. The predicted octanol–water partition coefficient (Wildman–Crippen LogP) is 2.66. The number of hydrogen-bond acceptors (Lipinski definition) is 2. The summed E-state index contributed by atoms with van der Waals surface area (Å²) in [7, 11) is 0. The fraction of sp³-hybridized carbons (Fsp3) is 0.167. The lowest BCUT2D eigenvalue weighted by Crippen LogP contribution is -1.96. The third-order valence-corrected chi connectivity index (χ3v) is 2.63. The summed E-state index contributed by atoms with van der Waals surface area (Å²) in [5, 5.41) is 0. The van der Waals surface area contributed by atoms with Gasteiger partial charge in [-0.15, -0.1) is 11.3 Å². The van der Waals surface area contributed by atoms with Gasteiger partial charge in [-0.25, -0.2) is 4.39 Å². The molecule has 0 N–H and O–H groups in total. The highest BCUT2D eigenvalue weighted by molar-refractivity contribution is 9.11. The van der Waals surface area contributed by atoms with E-state index in [-0.39, 0.29) is 0 Å². The molecule has 1 aromatic rings. The van der Waals surface area contributed by atoms with Gasteiger partial charge in [-0.3, -0.25) is 4.79 Å². The molecule has 0 aliphatic carbocycles. The van der Waals surface area contributed by atoms with Crippen molar-refractivity contribution in [2.45, 2.75) is 0 Å². The molecule has 10 heavy (non-hydrogen) atoms. The highest BCUT2D eigenvalue weighted by atomic mass is 79.9. The molecule has 0 fully saturated rings. The summed E-state index contributed by atoms with van der Waals surface area (Å²) in [6.45, 7) is -0.910. The van der Waals surface area contributed by atoms with E-state index in [1.165, 1.54) is 11.3 Å². The fourth-order valence-corrected chi connectivity index (χ4v) is 1.84. The van der Waals surface area contributed by atoms with E-state index in [1.54, 1.807) is 12.1 Å². The van der Waals surface area contributed by atoms with Crippen molar-refractivity contribution in [2.24, 2.45) is 0 Å². The van der Waals surface area contributed by atoms with Gasteiger partial charge in [-0.05, 0) is 28.1 Å². The molecular formula is C6H4BrFOS. The van der Waals surface area contributed by atoms with Crippen LogP contribution in [0.15, 0.2) is 15.9 Å². The molecule has 0 saturated carbocycles. The molecule has 0 spiro atoms. The number of halogens is 2. The Morgan fingerprint density at radius 1 is 1.70 bits per heavy atom. The first-order chi connectivity index (χ1) is 4.74. The summed E-state index contributed by atoms with van der Waals surface area (Å²) < 4.78 is 12.6. The van der Waals surface area contributed by atoms with Crippen LogP contribution in [0.1, 0.15) is 9.67 Å². The zero-order valence-corrected chi connectivity index (χ0v) is 7.34. The van der Waals surface area contributed by atoms with Crippen LogP contribution in [0.3, 0.4) is 0 Å². The average Bonchev–Trinajstić information content (AvgIpc) is 2.34. The van der Waals surface area contributed by atoms with Crippen molar-refractivity contribution in [3.8, 4) is 0 Å². The normalized spacial score (nSPS) is 9.80. The van der Waals surface area contributed by atoms with E-state index >= 15 is 0 Å². The quantitative estimate of drug-likeness (QED) is 0.704. The van der Waals surface area contributed by atoms with Crippen LogP contribution in [0, 0.1) is 0 Å². The highest BCUT2D eigenvalue weighted by Gasteiger charge is 2.06. The van der Waals surface area contributed by atoms with E-state index < -0.39 is 12.5 Å². The van der Waals surface area contributed by atoms with Crippen LogP contribution in [0.4, 0.5) is 4.39 Å². The molecular weight excluding hydrogens is 219 g/mol. The van der Waals surface area contributed by atoms with Crippen molar-refractivity contribution >= 4 is 33.0 Å². The van der Waals surface area contributed by atoms with E-state index in [9.17, 15) is 9.18 Å². The number of thiophene rings is 1. The molecule has 4 heteroatoms. The van der Waals surface area contributed by atoms with Gasteiger partial charge in [0.15, 0.2) is 6.67 Å². The number of rotatable bonds is 2. The molecule has 0 aromatic carbocycles. The van der Waals surface area contributed by atoms with Crippen molar-refractivity contribution in [3.63, 3.8) is 0 Å². The Kier molecular flexibility index (Phi) is 2.56. The van der Waals surface area contributed by atoms with E-state index in [4.69, 9.17) is 0 Å². The molecule has 0 aliphatic rings. The zero-order valence-electron chi connectivity index (χ0n) is 4.93. The van der Waals surface area contributed by atoms with Gasteiger partial charge in [0.1, 0.15) is 0 Å². The van der Waals surface area contributed by atoms with Gasteiger partial charge in [-0.2, -0.15) is 0 Å².